The van der Waals surface area contributed by atoms with E-state index in [0.29, 0.717) is 17.4 Å². The van der Waals surface area contributed by atoms with Crippen LogP contribution in [0.25, 0.3) is 0 Å². The molecular weight excluding hydrogens is 308 g/mol. The lowest BCUT2D eigenvalue weighted by Gasteiger charge is -2.37. The number of phenols is 2. The second-order valence-corrected chi connectivity index (χ2v) is 7.13. The molecule has 1 aromatic carbocycles. The van der Waals surface area contributed by atoms with Gasteiger partial charge in [-0.05, 0) is 42.2 Å². The largest absolute Gasteiger partial charge is 0.508 e. The van der Waals surface area contributed by atoms with Crippen LogP contribution in [0.1, 0.15) is 12.0 Å². The zero-order valence-corrected chi connectivity index (χ0v) is 12.7. The first-order chi connectivity index (χ1) is 11.6. The first-order valence-electron chi connectivity index (χ1n) is 8.18. The van der Waals surface area contributed by atoms with Gasteiger partial charge in [0.25, 0.3) is 11.8 Å². The van der Waals surface area contributed by atoms with E-state index in [2.05, 4.69) is 17.3 Å². The third-order valence-corrected chi connectivity index (χ3v) is 5.97. The molecular formula is C18H16N2O4. The average Bonchev–Trinajstić information content (AvgIpc) is 3.33. The Morgan fingerprint density at radius 1 is 1.04 bits per heavy atom. The van der Waals surface area contributed by atoms with E-state index in [1.807, 2.05) is 0 Å². The maximum absolute atomic E-state index is 12.7. The van der Waals surface area contributed by atoms with Crippen LogP contribution in [0.2, 0.25) is 0 Å². The Labute approximate surface area is 138 Å². The van der Waals surface area contributed by atoms with E-state index in [1.54, 1.807) is 0 Å². The van der Waals surface area contributed by atoms with E-state index in [1.165, 1.54) is 24.4 Å². The van der Waals surface area contributed by atoms with Gasteiger partial charge in [0.1, 0.15) is 11.5 Å². The molecule has 0 spiro atoms. The molecule has 1 saturated heterocycles. The normalized spacial score (nSPS) is 38.8. The van der Waals surface area contributed by atoms with Crippen LogP contribution in [0.15, 0.2) is 35.5 Å². The summed E-state index contributed by atoms with van der Waals surface area (Å²) in [6.45, 7) is 0. The molecule has 122 valence electrons. The molecule has 0 aromatic heterocycles. The van der Waals surface area contributed by atoms with Gasteiger partial charge in [-0.15, -0.1) is 0 Å². The second kappa shape index (κ2) is 4.47. The summed E-state index contributed by atoms with van der Waals surface area (Å²) in [5.41, 5.74) is 0.340. The lowest BCUT2D eigenvalue weighted by atomic mass is 9.63. The first kappa shape index (κ1) is 13.8. The Morgan fingerprint density at radius 3 is 2.25 bits per heavy atom. The number of carbonyl (C=O) groups excluding carboxylic acids is 2. The molecule has 0 unspecified atom stereocenters. The number of imide groups is 1. The molecule has 2 amide bonds. The van der Waals surface area contributed by atoms with Gasteiger partial charge in [-0.3, -0.25) is 9.59 Å². The fourth-order valence-corrected chi connectivity index (χ4v) is 4.82. The number of aromatic hydroxyl groups is 2. The van der Waals surface area contributed by atoms with E-state index in [-0.39, 0.29) is 47.0 Å². The first-order valence-corrected chi connectivity index (χ1v) is 8.18. The SMILES string of the molecule is O=C1[C@H]2[C@@H]3C=C[C@H]([C@H]4C[C@H]34)[C@@H]2C(=O)N1/N=C/c1ccc(O)cc1O. The van der Waals surface area contributed by atoms with Gasteiger partial charge in [-0.1, -0.05) is 12.2 Å². The van der Waals surface area contributed by atoms with Crippen molar-refractivity contribution < 1.29 is 19.8 Å². The number of carbonyl (C=O) groups is 2. The molecule has 6 rings (SSSR count). The molecule has 4 aliphatic carbocycles. The molecule has 1 heterocycles. The fourth-order valence-electron chi connectivity index (χ4n) is 4.82. The van der Waals surface area contributed by atoms with Gasteiger partial charge >= 0.3 is 0 Å². The van der Waals surface area contributed by atoms with Gasteiger partial charge in [0.2, 0.25) is 0 Å². The summed E-state index contributed by atoms with van der Waals surface area (Å²) >= 11 is 0. The minimum Gasteiger partial charge on any atom is -0.508 e. The van der Waals surface area contributed by atoms with Crippen molar-refractivity contribution in [2.75, 3.05) is 0 Å². The Hall–Kier alpha value is -2.63. The van der Waals surface area contributed by atoms with Gasteiger partial charge in [0.05, 0.1) is 18.1 Å². The van der Waals surface area contributed by atoms with E-state index in [4.69, 9.17) is 0 Å². The van der Waals surface area contributed by atoms with Crippen LogP contribution < -0.4 is 0 Å². The summed E-state index contributed by atoms with van der Waals surface area (Å²) < 4.78 is 0. The van der Waals surface area contributed by atoms with Gasteiger partial charge in [0.15, 0.2) is 0 Å². The highest BCUT2D eigenvalue weighted by Crippen LogP contribution is 2.65. The maximum Gasteiger partial charge on any atom is 0.254 e. The Bertz CT molecular complexity index is 794. The monoisotopic (exact) mass is 324 g/mol. The van der Waals surface area contributed by atoms with Crippen molar-refractivity contribution >= 4 is 18.0 Å². The van der Waals surface area contributed by atoms with Crippen LogP contribution in [0.5, 0.6) is 11.5 Å². The minimum atomic E-state index is -0.276. The highest BCUT2D eigenvalue weighted by atomic mass is 16.3. The van der Waals surface area contributed by atoms with E-state index in [0.717, 1.165) is 11.4 Å². The number of rotatable bonds is 2. The number of amides is 2. The fraction of sp³-hybridized carbons (Fsp3) is 0.389. The standard InChI is InChI=1S/C18H16N2O4/c21-9-2-1-8(14(22)5-9)7-19-20-17(23)15-10-3-4-11(13-6-12(10)13)16(15)18(20)24/h1-5,7,10-13,15-16,21-22H,6H2/b19-7+/t10-,11-,12-,13-,15+,16+/m1/s1. The molecule has 0 radical (unpaired) electrons. The summed E-state index contributed by atoms with van der Waals surface area (Å²) in [6.07, 6.45) is 6.65. The number of benzene rings is 1. The van der Waals surface area contributed by atoms with Crippen molar-refractivity contribution in [2.24, 2.45) is 40.6 Å². The van der Waals surface area contributed by atoms with Gasteiger partial charge in [0, 0.05) is 11.6 Å². The van der Waals surface area contributed by atoms with Crippen molar-refractivity contribution in [1.82, 2.24) is 5.01 Å². The predicted octanol–water partition coefficient (Wildman–Crippen LogP) is 1.48. The molecule has 24 heavy (non-hydrogen) atoms. The molecule has 3 fully saturated rings. The van der Waals surface area contributed by atoms with Crippen LogP contribution in [0, 0.1) is 35.5 Å². The number of nitrogens with zero attached hydrogens (tertiary/aromatic N) is 2. The molecule has 2 N–H and O–H groups in total. The second-order valence-electron chi connectivity index (χ2n) is 7.13. The zero-order chi connectivity index (χ0) is 16.6. The molecule has 5 aliphatic rings. The zero-order valence-electron chi connectivity index (χ0n) is 12.7. The summed E-state index contributed by atoms with van der Waals surface area (Å²) in [7, 11) is 0. The molecule has 6 heteroatoms. The van der Waals surface area contributed by atoms with Crippen LogP contribution in [-0.2, 0) is 9.59 Å². The van der Waals surface area contributed by atoms with Crippen molar-refractivity contribution in [3.8, 4) is 11.5 Å². The van der Waals surface area contributed by atoms with Crippen molar-refractivity contribution in [1.29, 1.82) is 0 Å². The molecule has 1 aromatic rings. The number of hydrogen-bond donors (Lipinski definition) is 2. The van der Waals surface area contributed by atoms with Crippen molar-refractivity contribution in [3.05, 3.63) is 35.9 Å². The smallest absolute Gasteiger partial charge is 0.254 e. The summed E-state index contributed by atoms with van der Waals surface area (Å²) in [5, 5.41) is 24.1. The van der Waals surface area contributed by atoms with E-state index < -0.39 is 0 Å². The third kappa shape index (κ3) is 1.68. The van der Waals surface area contributed by atoms with Gasteiger partial charge in [-0.25, -0.2) is 0 Å². The highest BCUT2D eigenvalue weighted by molar-refractivity contribution is 6.06. The number of phenolic OH excluding ortho intramolecular Hbond substituents is 2. The lowest BCUT2D eigenvalue weighted by Crippen LogP contribution is -2.40. The predicted molar refractivity (Wildman–Crippen MR) is 83.9 cm³/mol. The van der Waals surface area contributed by atoms with Crippen LogP contribution in [0.4, 0.5) is 0 Å². The highest BCUT2D eigenvalue weighted by Gasteiger charge is 2.67. The molecule has 2 saturated carbocycles. The molecule has 6 atom stereocenters. The third-order valence-electron chi connectivity index (χ3n) is 5.97. The number of allylic oxidation sites excluding steroid dienone is 2. The number of hydrogen-bond acceptors (Lipinski definition) is 5. The molecule has 2 bridgehead atoms. The molecule has 6 nitrogen and oxygen atoms in total. The van der Waals surface area contributed by atoms with Crippen molar-refractivity contribution in [2.45, 2.75) is 6.42 Å². The summed E-state index contributed by atoms with van der Waals surface area (Å²) in [5.74, 6) is 0.222. The Kier molecular flexibility index (Phi) is 2.56. The number of hydrazone groups is 1. The Balaban J connectivity index is 1.45. The summed E-state index contributed by atoms with van der Waals surface area (Å²) in [6, 6.07) is 4.07. The van der Waals surface area contributed by atoms with E-state index in [9.17, 15) is 19.8 Å². The topological polar surface area (TPSA) is 90.2 Å². The van der Waals surface area contributed by atoms with Gasteiger partial charge < -0.3 is 10.2 Å². The van der Waals surface area contributed by atoms with Crippen LogP contribution >= 0.6 is 0 Å². The lowest BCUT2D eigenvalue weighted by molar-refractivity contribution is -0.140. The average molecular weight is 324 g/mol. The molecule has 1 aliphatic heterocycles. The maximum atomic E-state index is 12.7. The van der Waals surface area contributed by atoms with Crippen molar-refractivity contribution in [3.63, 3.8) is 0 Å². The van der Waals surface area contributed by atoms with Gasteiger partial charge in [-0.2, -0.15) is 10.1 Å². The minimum absolute atomic E-state index is 0.0640. The summed E-state index contributed by atoms with van der Waals surface area (Å²) in [4.78, 5) is 25.4. The Morgan fingerprint density at radius 2 is 1.67 bits per heavy atom. The van der Waals surface area contributed by atoms with Crippen LogP contribution in [-0.4, -0.2) is 33.3 Å². The van der Waals surface area contributed by atoms with E-state index >= 15 is 0 Å². The quantitative estimate of drug-likeness (QED) is 0.490. The van der Waals surface area contributed by atoms with Crippen LogP contribution in [0.3, 0.4) is 0 Å².